The summed E-state index contributed by atoms with van der Waals surface area (Å²) in [6.07, 6.45) is -3.10. The minimum Gasteiger partial charge on any atom is -0.386 e. The number of rotatable bonds is 7. The highest BCUT2D eigenvalue weighted by atomic mass is 19.3. The predicted molar refractivity (Wildman–Crippen MR) is 94.9 cm³/mol. The highest BCUT2D eigenvalue weighted by Gasteiger charge is 2.26. The fourth-order valence-electron chi connectivity index (χ4n) is 2.91. The van der Waals surface area contributed by atoms with Gasteiger partial charge < -0.3 is 19.7 Å². The third-order valence-electron chi connectivity index (χ3n) is 4.62. The number of benzene rings is 1. The third-order valence-corrected chi connectivity index (χ3v) is 4.62. The first-order chi connectivity index (χ1) is 13.4. The topological polar surface area (TPSA) is 80.6 Å². The van der Waals surface area contributed by atoms with Crippen molar-refractivity contribution in [1.82, 2.24) is 9.88 Å². The van der Waals surface area contributed by atoms with E-state index >= 15 is 0 Å². The summed E-state index contributed by atoms with van der Waals surface area (Å²) >= 11 is 0. The molecule has 0 aliphatic carbocycles. The van der Waals surface area contributed by atoms with Gasteiger partial charge in [-0.1, -0.05) is 24.3 Å². The molecule has 1 aromatic carbocycles. The maximum absolute atomic E-state index is 13.1. The fourth-order valence-corrected chi connectivity index (χ4v) is 2.91. The number of pyridine rings is 1. The van der Waals surface area contributed by atoms with Crippen molar-refractivity contribution in [3.05, 3.63) is 58.5 Å². The summed E-state index contributed by atoms with van der Waals surface area (Å²) in [5, 5.41) is 12.0. The summed E-state index contributed by atoms with van der Waals surface area (Å²) in [7, 11) is 0. The van der Waals surface area contributed by atoms with Gasteiger partial charge in [-0.25, -0.2) is 4.39 Å². The number of amides is 1. The van der Waals surface area contributed by atoms with Gasteiger partial charge in [-0.05, 0) is 22.8 Å². The number of carbonyl (C=O) groups excluding carboxylic acids is 1. The van der Waals surface area contributed by atoms with Gasteiger partial charge in [0.2, 0.25) is 0 Å². The molecule has 0 bridgehead atoms. The molecular weight excluding hydrogens is 377 g/mol. The van der Waals surface area contributed by atoms with Gasteiger partial charge in [0.15, 0.2) is 0 Å². The van der Waals surface area contributed by atoms with Gasteiger partial charge in [0, 0.05) is 12.3 Å². The van der Waals surface area contributed by atoms with Crippen LogP contribution in [0.5, 0.6) is 0 Å². The molecule has 2 aromatic rings. The highest BCUT2D eigenvalue weighted by Crippen LogP contribution is 2.24. The molecule has 2 heterocycles. The molecule has 2 atom stereocenters. The van der Waals surface area contributed by atoms with Crippen LogP contribution in [-0.2, 0) is 9.53 Å². The zero-order valence-electron chi connectivity index (χ0n) is 14.7. The Morgan fingerprint density at radius 2 is 1.89 bits per heavy atom. The lowest BCUT2D eigenvalue weighted by molar-refractivity contribution is -0.133. The van der Waals surface area contributed by atoms with Gasteiger partial charge in [-0.15, -0.1) is 0 Å². The van der Waals surface area contributed by atoms with Crippen molar-refractivity contribution in [2.75, 3.05) is 19.9 Å². The van der Waals surface area contributed by atoms with Crippen molar-refractivity contribution >= 4 is 5.91 Å². The van der Waals surface area contributed by atoms with Gasteiger partial charge in [-0.2, -0.15) is 8.78 Å². The minimum atomic E-state index is -3.29. The lowest BCUT2D eigenvalue weighted by Gasteiger charge is -2.27. The van der Waals surface area contributed by atoms with E-state index in [2.05, 4.69) is 0 Å². The number of hydrogen-bond acceptors (Lipinski definition) is 4. The number of hydrogen-bond donors (Lipinski definition) is 2. The van der Waals surface area contributed by atoms with E-state index in [1.54, 1.807) is 34.3 Å². The van der Waals surface area contributed by atoms with Crippen LogP contribution in [0.25, 0.3) is 11.1 Å². The lowest BCUT2D eigenvalue weighted by atomic mass is 9.99. The van der Waals surface area contributed by atoms with Gasteiger partial charge in [-0.3, -0.25) is 9.59 Å². The van der Waals surface area contributed by atoms with E-state index in [4.69, 9.17) is 4.74 Å². The van der Waals surface area contributed by atoms with E-state index in [1.807, 2.05) is 0 Å². The molecule has 0 saturated carbocycles. The first kappa shape index (κ1) is 20.1. The summed E-state index contributed by atoms with van der Waals surface area (Å²) < 4.78 is 44.4. The van der Waals surface area contributed by atoms with Crippen LogP contribution < -0.4 is 10.9 Å². The maximum atomic E-state index is 13.1. The van der Waals surface area contributed by atoms with E-state index in [0.717, 1.165) is 0 Å². The van der Waals surface area contributed by atoms with E-state index in [-0.39, 0.29) is 17.2 Å². The normalized spacial score (nSPS) is 16.5. The number of carbonyl (C=O) groups is 1. The maximum Gasteiger partial charge on any atom is 0.315 e. The Labute approximate surface area is 158 Å². The second-order valence-electron chi connectivity index (χ2n) is 6.49. The van der Waals surface area contributed by atoms with Gasteiger partial charge >= 0.3 is 6.43 Å². The second kappa shape index (κ2) is 8.57. The molecule has 1 fully saturated rings. The number of halogens is 3. The number of aliphatic hydroxyl groups is 1. The molecule has 1 aliphatic rings. The number of nitrogens with zero attached hydrogens (tertiary/aromatic N) is 1. The van der Waals surface area contributed by atoms with Gasteiger partial charge in [0.05, 0.1) is 25.3 Å². The molecule has 0 radical (unpaired) electrons. The lowest BCUT2D eigenvalue weighted by Crippen LogP contribution is -2.43. The Kier molecular flexibility index (Phi) is 6.15. The quantitative estimate of drug-likeness (QED) is 0.749. The molecule has 28 heavy (non-hydrogen) atoms. The Morgan fingerprint density at radius 3 is 2.39 bits per heavy atom. The fraction of sp³-hybridized carbons (Fsp3) is 0.368. The van der Waals surface area contributed by atoms with Crippen LogP contribution in [0.3, 0.4) is 0 Å². The summed E-state index contributed by atoms with van der Waals surface area (Å²) in [6.45, 7) is -0.197. The largest absolute Gasteiger partial charge is 0.386 e. The van der Waals surface area contributed by atoms with Crippen LogP contribution in [0.2, 0.25) is 0 Å². The van der Waals surface area contributed by atoms with Crippen molar-refractivity contribution < 1.29 is 27.8 Å². The Hall–Kier alpha value is -2.65. The van der Waals surface area contributed by atoms with E-state index in [9.17, 15) is 27.9 Å². The van der Waals surface area contributed by atoms with Crippen LogP contribution in [-0.4, -0.2) is 47.9 Å². The van der Waals surface area contributed by atoms with Crippen LogP contribution in [0.4, 0.5) is 13.2 Å². The molecule has 3 rings (SSSR count). The summed E-state index contributed by atoms with van der Waals surface area (Å²) in [6, 6.07) is 8.03. The molecule has 9 heteroatoms. The Morgan fingerprint density at radius 1 is 1.21 bits per heavy atom. The summed E-state index contributed by atoms with van der Waals surface area (Å²) in [5.41, 5.74) is 1.44. The first-order valence-corrected chi connectivity index (χ1v) is 8.63. The molecule has 6 nitrogen and oxygen atoms in total. The van der Waals surface area contributed by atoms with Crippen molar-refractivity contribution in [3.8, 4) is 11.1 Å². The average molecular weight is 396 g/mol. The summed E-state index contributed by atoms with van der Waals surface area (Å²) in [5.74, 6) is -1.64. The van der Waals surface area contributed by atoms with Crippen molar-refractivity contribution in [2.45, 2.75) is 24.6 Å². The molecule has 1 amide bonds. The Balaban J connectivity index is 1.74. The molecule has 2 N–H and O–H groups in total. The van der Waals surface area contributed by atoms with E-state index < -0.39 is 31.2 Å². The number of aliphatic hydroxyl groups excluding tert-OH is 1. The van der Waals surface area contributed by atoms with Crippen LogP contribution >= 0.6 is 0 Å². The molecule has 0 unspecified atom stereocenters. The van der Waals surface area contributed by atoms with Crippen LogP contribution in [0, 0.1) is 0 Å². The molecule has 0 spiro atoms. The minimum absolute atomic E-state index is 0.0418. The van der Waals surface area contributed by atoms with E-state index in [1.165, 1.54) is 18.2 Å². The highest BCUT2D eigenvalue weighted by molar-refractivity contribution is 5.79. The molecular formula is C19H19F3N2O4. The van der Waals surface area contributed by atoms with Gasteiger partial charge in [0.1, 0.15) is 12.8 Å². The zero-order chi connectivity index (χ0) is 20.3. The molecule has 1 aliphatic heterocycles. The van der Waals surface area contributed by atoms with E-state index in [0.29, 0.717) is 24.3 Å². The summed E-state index contributed by atoms with van der Waals surface area (Å²) in [4.78, 5) is 23.3. The molecule has 1 saturated heterocycles. The standard InChI is InChI=1S/C19H19F3N2O4/c20-8-15(23-19(27)18(21)22)17(26)12-3-1-11(2-4-12)13-5-6-24(16(25)7-13)14-9-28-10-14/h1-7,14-15,17-18,26H,8-10H2,(H,23,27)/t15-,17-/m1/s1. The Bertz CT molecular complexity index is 881. The van der Waals surface area contributed by atoms with Gasteiger partial charge in [0.25, 0.3) is 11.5 Å². The number of ether oxygens (including phenoxy) is 1. The smallest absolute Gasteiger partial charge is 0.315 e. The number of nitrogens with one attached hydrogen (secondary N) is 1. The number of aromatic nitrogens is 1. The third kappa shape index (κ3) is 4.26. The van der Waals surface area contributed by atoms with Crippen LogP contribution in [0.15, 0.2) is 47.4 Å². The van der Waals surface area contributed by atoms with Crippen LogP contribution in [0.1, 0.15) is 17.7 Å². The van der Waals surface area contributed by atoms with Crippen molar-refractivity contribution in [1.29, 1.82) is 0 Å². The van der Waals surface area contributed by atoms with Crippen molar-refractivity contribution in [2.24, 2.45) is 0 Å². The zero-order valence-corrected chi connectivity index (χ0v) is 14.7. The first-order valence-electron chi connectivity index (χ1n) is 8.63. The van der Waals surface area contributed by atoms with Crippen molar-refractivity contribution in [3.63, 3.8) is 0 Å². The second-order valence-corrected chi connectivity index (χ2v) is 6.49. The predicted octanol–water partition coefficient (Wildman–Crippen LogP) is 1.84. The number of alkyl halides is 3. The SMILES string of the molecule is O=C(N[C@H](CF)[C@H](O)c1ccc(-c2ccn(C3COC3)c(=O)c2)cc1)C(F)F. The molecule has 1 aromatic heterocycles. The monoisotopic (exact) mass is 396 g/mol. The molecule has 150 valence electrons. The average Bonchev–Trinajstić information content (AvgIpc) is 2.65.